The maximum absolute atomic E-state index is 10.5. The Bertz CT molecular complexity index is 5070. The normalized spacial score (nSPS) is 12.9. The molecule has 1 aliphatic rings. The molecule has 23 heteroatoms. The van der Waals surface area contributed by atoms with Gasteiger partial charge in [0.25, 0.3) is 0 Å². The Balaban J connectivity index is 0.000000217. The zero-order valence-electron chi connectivity index (χ0n) is 75.3. The van der Waals surface area contributed by atoms with Crippen LogP contribution >= 0.6 is 36.7 Å². The van der Waals surface area contributed by atoms with Gasteiger partial charge in [0.1, 0.15) is 43.1 Å². The topological polar surface area (TPSA) is 235 Å². The summed E-state index contributed by atoms with van der Waals surface area (Å²) in [5.41, 5.74) is 11.0. The van der Waals surface area contributed by atoms with Crippen LogP contribution in [0.4, 0.5) is 0 Å². The second kappa shape index (κ2) is 50.0. The molecule has 0 aliphatic carbocycles. The van der Waals surface area contributed by atoms with Crippen molar-refractivity contribution >= 4 is 117 Å². The van der Waals surface area contributed by atoms with Crippen LogP contribution in [-0.2, 0) is 24.0 Å². The first-order chi connectivity index (χ1) is 59.6. The molecular formula is C102H122BBr2N8O7PSi4. The molecule has 1 aliphatic heterocycles. The van der Waals surface area contributed by atoms with Crippen LogP contribution in [0, 0.1) is 45.3 Å². The van der Waals surface area contributed by atoms with Crippen molar-refractivity contribution in [2.45, 2.75) is 206 Å². The van der Waals surface area contributed by atoms with Crippen molar-refractivity contribution in [2.24, 2.45) is 0 Å². The predicted octanol–water partition coefficient (Wildman–Crippen LogP) is 25.6. The molecule has 0 spiro atoms. The van der Waals surface area contributed by atoms with Crippen LogP contribution < -0.4 is 21.5 Å². The number of aromatic nitrogens is 4. The summed E-state index contributed by atoms with van der Waals surface area (Å²) in [7, 11) is -6.22. The van der Waals surface area contributed by atoms with Gasteiger partial charge >= 0.3 is 239 Å². The molecule has 0 N–H and O–H groups in total. The minimum absolute atomic E-state index is 0.368. The molecule has 15 nitrogen and oxygen atoms in total. The van der Waals surface area contributed by atoms with Gasteiger partial charge in [-0.2, -0.15) is 21.0 Å². The molecule has 11 aromatic rings. The van der Waals surface area contributed by atoms with Crippen molar-refractivity contribution in [3.63, 3.8) is 0 Å². The number of aldehydes is 3. The van der Waals surface area contributed by atoms with Gasteiger partial charge in [-0.05, 0) is 146 Å². The Morgan fingerprint density at radius 3 is 0.968 bits per heavy atom. The van der Waals surface area contributed by atoms with E-state index >= 15 is 0 Å². The van der Waals surface area contributed by atoms with Crippen molar-refractivity contribution in [1.29, 1.82) is 21.0 Å². The predicted molar refractivity (Wildman–Crippen MR) is 534 cm³/mol. The van der Waals surface area contributed by atoms with Gasteiger partial charge < -0.3 is 13.4 Å². The molecule has 0 radical (unpaired) electrons. The standard InChI is InChI=1S/C31H46BrOPSi2.C26H40N2OSi2.2C13H8N2O.C12H15BN2O2.C7H5BrO/c1-35(2,3)33-36(4,5)28-20-9-7-6-8-19-27-34(32,29-21-13-10-14-22-29,30-23-15-11-16-24-30)31-25-17-12-18-26-31;1-30(2,3)29-31(4,5)20-12-10-8-6-7-9-11-13-23-14-17-25(18-15-23)26-19-16-24(21-27)22-28-26;2*14-7-11-3-6-13(15-8-11)12-4-1-10(9-16)2-5-12;1-11(2)12(3,4)17-13(16-11)10-6-5-9(7-14)8-15-10;8-7-3-1-6(5-9)2-4-7/h10-18,21-26H,6-9,19-20,27-28H2,1-5H3;14-19,22H,6-13,20H2,1-5H3;2*1-6,8-9H;5-6,8H,1-4H3;1-5H. The second-order valence-electron chi connectivity index (χ2n) is 35.4. The van der Waals surface area contributed by atoms with E-state index in [9.17, 15) is 14.4 Å². The molecule has 0 saturated carbocycles. The van der Waals surface area contributed by atoms with Crippen LogP contribution in [0.25, 0.3) is 33.8 Å². The number of aryl methyl sites for hydroxylation is 1. The average Bonchev–Trinajstić information content (AvgIpc) is 0.995. The number of pyridine rings is 4. The van der Waals surface area contributed by atoms with Gasteiger partial charge in [0, 0.05) is 62.6 Å². The third kappa shape index (κ3) is 33.9. The number of carbonyl (C=O) groups is 3. The molecule has 12 rings (SSSR count). The Morgan fingerprint density at radius 2 is 0.672 bits per heavy atom. The summed E-state index contributed by atoms with van der Waals surface area (Å²) >= 11 is 7.84. The van der Waals surface area contributed by atoms with E-state index in [4.69, 9.17) is 38.6 Å². The van der Waals surface area contributed by atoms with Crippen LogP contribution in [0.2, 0.25) is 77.6 Å². The first-order valence-electron chi connectivity index (χ1n) is 43.1. The molecule has 1 fully saturated rings. The molecule has 125 heavy (non-hydrogen) atoms. The zero-order chi connectivity index (χ0) is 91.0. The molecule has 0 amide bonds. The monoisotopic (exact) mass is 1880 g/mol. The smallest absolute Gasteiger partial charge is 0.150 e. The first-order valence-corrected chi connectivity index (χ1v) is 61.4. The van der Waals surface area contributed by atoms with E-state index in [-0.39, 0.29) is 11.2 Å². The third-order valence-electron chi connectivity index (χ3n) is 21.4. The van der Waals surface area contributed by atoms with Crippen LogP contribution in [0.5, 0.6) is 0 Å². The van der Waals surface area contributed by atoms with Crippen LogP contribution in [0.15, 0.2) is 266 Å². The molecule has 650 valence electrons. The Labute approximate surface area is 765 Å². The first kappa shape index (κ1) is 102. The van der Waals surface area contributed by atoms with Gasteiger partial charge in [-0.25, -0.2) is 0 Å². The minimum atomic E-state index is -2.76. The number of benzene rings is 7. The zero-order valence-corrected chi connectivity index (χ0v) is 83.4. The van der Waals surface area contributed by atoms with Crippen molar-refractivity contribution in [1.82, 2.24) is 19.9 Å². The Kier molecular flexibility index (Phi) is 40.9. The van der Waals surface area contributed by atoms with E-state index in [1.165, 1.54) is 136 Å². The van der Waals surface area contributed by atoms with Crippen molar-refractivity contribution in [3.05, 3.63) is 310 Å². The fraction of sp³-hybridized carbons (Fsp3) is 0.324. The second-order valence-corrected chi connectivity index (χ2v) is 63.5. The number of carbonyl (C=O) groups excluding carboxylic acids is 3. The van der Waals surface area contributed by atoms with Gasteiger partial charge in [-0.3, -0.25) is 34.3 Å². The van der Waals surface area contributed by atoms with E-state index in [1.807, 2.05) is 94.4 Å². The number of hydrogen-bond donors (Lipinski definition) is 0. The number of halogens is 2. The summed E-state index contributed by atoms with van der Waals surface area (Å²) < 4.78 is 25.7. The quantitative estimate of drug-likeness (QED) is 0.0161. The van der Waals surface area contributed by atoms with Gasteiger partial charge in [0.15, 0.2) is 16.6 Å². The fourth-order valence-corrected chi connectivity index (χ4v) is 38.9. The molecule has 5 heterocycles. The number of nitriles is 4. The average molecular weight is 1890 g/mol. The molecule has 0 unspecified atom stereocenters. The molecule has 0 atom stereocenters. The van der Waals surface area contributed by atoms with Crippen molar-refractivity contribution < 1.29 is 31.9 Å². The van der Waals surface area contributed by atoms with Gasteiger partial charge in [-0.15, -0.1) is 0 Å². The van der Waals surface area contributed by atoms with E-state index in [0.717, 1.165) is 69.7 Å². The number of unbranched alkanes of at least 4 members (excludes halogenated alkanes) is 11. The number of hydrogen-bond acceptors (Lipinski definition) is 15. The summed E-state index contributed by atoms with van der Waals surface area (Å²) in [5, 5.41) is 36.4. The van der Waals surface area contributed by atoms with Gasteiger partial charge in [0.05, 0.1) is 56.1 Å². The van der Waals surface area contributed by atoms with E-state index in [2.05, 4.69) is 238 Å². The molecule has 7 aromatic carbocycles. The van der Waals surface area contributed by atoms with Crippen LogP contribution in [0.3, 0.4) is 0 Å². The maximum atomic E-state index is 10.5. The number of nitrogens with zero attached hydrogens (tertiary/aromatic N) is 8. The van der Waals surface area contributed by atoms with E-state index in [1.54, 1.807) is 79.0 Å². The molecule has 0 bridgehead atoms. The van der Waals surface area contributed by atoms with Crippen LogP contribution in [-0.4, -0.2) is 96.5 Å². The summed E-state index contributed by atoms with van der Waals surface area (Å²) in [6.45, 7) is 31.5. The Hall–Kier alpha value is -9.73. The van der Waals surface area contributed by atoms with E-state index < -0.39 is 45.7 Å². The van der Waals surface area contributed by atoms with Crippen molar-refractivity contribution in [3.8, 4) is 58.0 Å². The fourth-order valence-electron chi connectivity index (χ4n) is 14.6. The largest absolute Gasteiger partial charge is 0.298 e. The van der Waals surface area contributed by atoms with Crippen LogP contribution in [0.1, 0.15) is 170 Å². The molecule has 4 aromatic heterocycles. The molecule has 1 saturated heterocycles. The van der Waals surface area contributed by atoms with Gasteiger partial charge in [-0.1, -0.05) is 139 Å². The molecular weight excluding hydrogens is 1760 g/mol. The summed E-state index contributed by atoms with van der Waals surface area (Å²) in [6, 6.07) is 88.7. The third-order valence-corrected chi connectivity index (χ3v) is 44.4. The summed E-state index contributed by atoms with van der Waals surface area (Å²) in [6.07, 6.45) is 28.1. The maximum Gasteiger partial charge on any atom is 0.150 e. The summed E-state index contributed by atoms with van der Waals surface area (Å²) in [5.74, 6) is 0. The summed E-state index contributed by atoms with van der Waals surface area (Å²) in [4.78, 5) is 48.0. The van der Waals surface area contributed by atoms with Gasteiger partial charge in [0.2, 0.25) is 0 Å². The van der Waals surface area contributed by atoms with E-state index in [0.29, 0.717) is 44.5 Å². The van der Waals surface area contributed by atoms with Crippen molar-refractivity contribution in [2.75, 3.05) is 6.16 Å². The number of rotatable bonds is 33. The SMILES string of the molecule is CC1(C)OB(c2ccc(C#N)cn2)OC1(C)C.C[Si](C)(C)O[Si](C)(C)CCCCCCCCCc1ccc(-c2ccc(C#N)cn2)cc1.C[Si](C)(C)O[Si](C)(C)CCCCCCCCP(Br)(c1ccccc1)(c1ccccc1)c1ccccc1.N#Cc1ccc(-c2ccc(C=O)cc2)nc1.N#Cc1ccc(-c2ccc(C=O)cc2)nc1.O=Cc1ccc(Br)cc1. The Morgan fingerprint density at radius 1 is 0.376 bits per heavy atom. The minimum Gasteiger partial charge on any atom is -0.298 e.